The number of rotatable bonds is 4. The Bertz CT molecular complexity index is 348. The normalized spacial score (nSPS) is 25.1. The number of carboxylic acids is 1. The molecule has 3 unspecified atom stereocenters. The summed E-state index contributed by atoms with van der Waals surface area (Å²) >= 11 is 0. The van der Waals surface area contributed by atoms with E-state index in [4.69, 9.17) is 9.84 Å². The summed E-state index contributed by atoms with van der Waals surface area (Å²) in [7, 11) is 1.67. The van der Waals surface area contributed by atoms with Crippen molar-refractivity contribution in [1.29, 1.82) is 0 Å². The minimum absolute atomic E-state index is 0.0100. The van der Waals surface area contributed by atoms with Crippen LogP contribution in [0.15, 0.2) is 0 Å². The lowest BCUT2D eigenvalue weighted by atomic mass is 9.80. The van der Waals surface area contributed by atoms with E-state index in [0.29, 0.717) is 13.0 Å². The molecule has 0 radical (unpaired) electrons. The van der Waals surface area contributed by atoms with Gasteiger partial charge in [-0.25, -0.2) is 0 Å². The first-order valence-corrected chi connectivity index (χ1v) is 6.70. The Hall–Kier alpha value is -1.10. The van der Waals surface area contributed by atoms with Gasteiger partial charge in [0.2, 0.25) is 5.91 Å². The molecule has 110 valence electrons. The maximum Gasteiger partial charge on any atom is 0.311 e. The van der Waals surface area contributed by atoms with Crippen molar-refractivity contribution in [3.05, 3.63) is 0 Å². The van der Waals surface area contributed by atoms with E-state index in [1.165, 1.54) is 0 Å². The van der Waals surface area contributed by atoms with Gasteiger partial charge in [-0.1, -0.05) is 27.7 Å². The Morgan fingerprint density at radius 2 is 1.95 bits per heavy atom. The second-order valence-electron chi connectivity index (χ2n) is 6.53. The molecule has 1 fully saturated rings. The van der Waals surface area contributed by atoms with Crippen LogP contribution in [-0.4, -0.2) is 48.2 Å². The van der Waals surface area contributed by atoms with Gasteiger partial charge in [0.1, 0.15) is 5.92 Å². The van der Waals surface area contributed by atoms with E-state index in [0.717, 1.165) is 0 Å². The van der Waals surface area contributed by atoms with Crippen LogP contribution in [0.4, 0.5) is 0 Å². The number of likely N-dealkylation sites (N-methyl/N-ethyl adjacent to an activating group) is 1. The Kier molecular flexibility index (Phi) is 4.96. The Morgan fingerprint density at radius 3 is 2.42 bits per heavy atom. The average molecular weight is 271 g/mol. The zero-order chi connectivity index (χ0) is 14.8. The molecule has 0 spiro atoms. The molecular formula is C14H25NO4. The highest BCUT2D eigenvalue weighted by atomic mass is 16.5. The molecule has 0 saturated carbocycles. The largest absolute Gasteiger partial charge is 0.481 e. The van der Waals surface area contributed by atoms with Crippen molar-refractivity contribution >= 4 is 11.9 Å². The highest BCUT2D eigenvalue weighted by Crippen LogP contribution is 2.29. The second-order valence-corrected chi connectivity index (χ2v) is 6.53. The summed E-state index contributed by atoms with van der Waals surface area (Å²) in [5.74, 6) is -1.28. The van der Waals surface area contributed by atoms with Crippen LogP contribution in [0.5, 0.6) is 0 Å². The number of aliphatic carboxylic acids is 1. The van der Waals surface area contributed by atoms with Gasteiger partial charge in [-0.05, 0) is 11.3 Å². The van der Waals surface area contributed by atoms with Crippen LogP contribution in [0.25, 0.3) is 0 Å². The summed E-state index contributed by atoms with van der Waals surface area (Å²) in [6.45, 7) is 8.85. The lowest BCUT2D eigenvalue weighted by Crippen LogP contribution is -2.45. The predicted molar refractivity (Wildman–Crippen MR) is 71.7 cm³/mol. The number of hydrogen-bond donors (Lipinski definition) is 1. The van der Waals surface area contributed by atoms with Gasteiger partial charge in [-0.15, -0.1) is 0 Å². The van der Waals surface area contributed by atoms with Crippen molar-refractivity contribution in [2.45, 2.75) is 40.2 Å². The molecule has 0 bridgehead atoms. The van der Waals surface area contributed by atoms with E-state index in [2.05, 4.69) is 20.8 Å². The molecule has 5 nitrogen and oxygen atoms in total. The third-order valence-corrected chi connectivity index (χ3v) is 4.22. The summed E-state index contributed by atoms with van der Waals surface area (Å²) in [5.41, 5.74) is 0.0644. The van der Waals surface area contributed by atoms with Gasteiger partial charge < -0.3 is 14.7 Å². The Balaban J connectivity index is 2.64. The number of ether oxygens (including phenoxy) is 1. The van der Waals surface area contributed by atoms with E-state index in [1.807, 2.05) is 6.92 Å². The summed E-state index contributed by atoms with van der Waals surface area (Å²) in [4.78, 5) is 24.9. The predicted octanol–water partition coefficient (Wildman–Crippen LogP) is 1.62. The number of amides is 1. The summed E-state index contributed by atoms with van der Waals surface area (Å²) < 4.78 is 5.20. The lowest BCUT2D eigenvalue weighted by Gasteiger charge is -2.31. The molecule has 1 saturated heterocycles. The van der Waals surface area contributed by atoms with Gasteiger partial charge in [0.05, 0.1) is 19.3 Å². The molecule has 0 aliphatic carbocycles. The first-order valence-electron chi connectivity index (χ1n) is 6.70. The van der Waals surface area contributed by atoms with Crippen molar-refractivity contribution < 1.29 is 19.4 Å². The molecule has 5 heteroatoms. The third kappa shape index (κ3) is 3.93. The number of nitrogens with zero attached hydrogens (tertiary/aromatic N) is 1. The molecule has 1 aliphatic heterocycles. The third-order valence-electron chi connectivity index (χ3n) is 4.22. The fourth-order valence-corrected chi connectivity index (χ4v) is 2.06. The number of carbonyl (C=O) groups excluding carboxylic acids is 1. The van der Waals surface area contributed by atoms with Crippen molar-refractivity contribution in [3.63, 3.8) is 0 Å². The van der Waals surface area contributed by atoms with Gasteiger partial charge in [0.15, 0.2) is 0 Å². The number of carbonyl (C=O) groups is 2. The molecule has 0 aromatic carbocycles. The van der Waals surface area contributed by atoms with Gasteiger partial charge in [-0.3, -0.25) is 9.59 Å². The van der Waals surface area contributed by atoms with Crippen LogP contribution in [0.3, 0.4) is 0 Å². The lowest BCUT2D eigenvalue weighted by molar-refractivity contribution is -0.144. The number of hydrogen-bond acceptors (Lipinski definition) is 3. The first kappa shape index (κ1) is 16.0. The van der Waals surface area contributed by atoms with Crippen LogP contribution in [0.2, 0.25) is 0 Å². The van der Waals surface area contributed by atoms with E-state index in [-0.39, 0.29) is 29.9 Å². The molecule has 1 amide bonds. The fourth-order valence-electron chi connectivity index (χ4n) is 2.06. The molecule has 19 heavy (non-hydrogen) atoms. The van der Waals surface area contributed by atoms with Crippen molar-refractivity contribution in [3.8, 4) is 0 Å². The van der Waals surface area contributed by atoms with Crippen LogP contribution < -0.4 is 0 Å². The minimum Gasteiger partial charge on any atom is -0.481 e. The second kappa shape index (κ2) is 5.90. The zero-order valence-corrected chi connectivity index (χ0v) is 12.5. The van der Waals surface area contributed by atoms with Crippen molar-refractivity contribution in [2.75, 3.05) is 20.3 Å². The summed E-state index contributed by atoms with van der Waals surface area (Å²) in [6, 6.07) is -0.350. The standard InChI is InChI=1S/C14H25NO4/c1-9(14(2,3)4)6-12(16)15(5)11-8-19-7-10(11)13(17)18/h9-11H,6-8H2,1-5H3,(H,17,18). The molecule has 3 atom stereocenters. The summed E-state index contributed by atoms with van der Waals surface area (Å²) in [5, 5.41) is 9.11. The molecule has 0 aromatic rings. The Morgan fingerprint density at radius 1 is 1.37 bits per heavy atom. The monoisotopic (exact) mass is 271 g/mol. The minimum atomic E-state index is -0.897. The highest BCUT2D eigenvalue weighted by Gasteiger charge is 2.39. The summed E-state index contributed by atoms with van der Waals surface area (Å²) in [6.07, 6.45) is 0.433. The number of carboxylic acid groups (broad SMARTS) is 1. The van der Waals surface area contributed by atoms with Crippen LogP contribution >= 0.6 is 0 Å². The zero-order valence-electron chi connectivity index (χ0n) is 12.5. The highest BCUT2D eigenvalue weighted by molar-refractivity contribution is 5.78. The van der Waals surface area contributed by atoms with Gasteiger partial charge in [0, 0.05) is 13.5 Å². The molecule has 1 rings (SSSR count). The molecule has 1 aliphatic rings. The van der Waals surface area contributed by atoms with Crippen LogP contribution in [-0.2, 0) is 14.3 Å². The maximum atomic E-state index is 12.2. The molecule has 1 N–H and O–H groups in total. The van der Waals surface area contributed by atoms with E-state index in [1.54, 1.807) is 11.9 Å². The quantitative estimate of drug-likeness (QED) is 0.843. The van der Waals surface area contributed by atoms with E-state index in [9.17, 15) is 9.59 Å². The molecular weight excluding hydrogens is 246 g/mol. The van der Waals surface area contributed by atoms with Gasteiger partial charge in [-0.2, -0.15) is 0 Å². The SMILES string of the molecule is CC(CC(=O)N(C)C1COCC1C(=O)O)C(C)(C)C. The smallest absolute Gasteiger partial charge is 0.311 e. The van der Waals surface area contributed by atoms with E-state index >= 15 is 0 Å². The first-order chi connectivity index (χ1) is 8.64. The van der Waals surface area contributed by atoms with Gasteiger partial charge in [0.25, 0.3) is 0 Å². The Labute approximate surface area is 114 Å². The molecule has 1 heterocycles. The topological polar surface area (TPSA) is 66.8 Å². The molecule has 0 aromatic heterocycles. The van der Waals surface area contributed by atoms with Crippen LogP contribution in [0, 0.1) is 17.3 Å². The van der Waals surface area contributed by atoms with Gasteiger partial charge >= 0.3 is 5.97 Å². The van der Waals surface area contributed by atoms with E-state index < -0.39 is 11.9 Å². The van der Waals surface area contributed by atoms with Crippen molar-refractivity contribution in [2.24, 2.45) is 17.3 Å². The van der Waals surface area contributed by atoms with Crippen LogP contribution in [0.1, 0.15) is 34.1 Å². The maximum absolute atomic E-state index is 12.2. The average Bonchev–Trinajstić information content (AvgIpc) is 2.75. The van der Waals surface area contributed by atoms with Crippen molar-refractivity contribution in [1.82, 2.24) is 4.90 Å². The fraction of sp³-hybridized carbons (Fsp3) is 0.857.